The van der Waals surface area contributed by atoms with Gasteiger partial charge in [0.25, 0.3) is 0 Å². The molecule has 2 amide bonds. The summed E-state index contributed by atoms with van der Waals surface area (Å²) < 4.78 is 0. The molecule has 150 valence electrons. The molecule has 2 fully saturated rings. The van der Waals surface area contributed by atoms with E-state index in [1.165, 1.54) is 18.4 Å². The largest absolute Gasteiger partial charge is 0.342 e. The predicted molar refractivity (Wildman–Crippen MR) is 110 cm³/mol. The average molecular weight is 381 g/mol. The van der Waals surface area contributed by atoms with Gasteiger partial charge in [-0.2, -0.15) is 0 Å². The molecule has 0 bridgehead atoms. The highest BCUT2D eigenvalue weighted by atomic mass is 16.2. The summed E-state index contributed by atoms with van der Waals surface area (Å²) in [6.07, 6.45) is 11.6. The normalized spacial score (nSPS) is 24.6. The van der Waals surface area contributed by atoms with Crippen LogP contribution >= 0.6 is 0 Å². The fourth-order valence-electron chi connectivity index (χ4n) is 5.16. The standard InChI is InChI=1S/C24H32N2O2/c27-23(21-10-4-5-11-21)25-16-13-20(14-17-25)22-12-6-7-15-26(24(22)28)18-19-8-2-1-3-9-19/h1-3,6-9,20-22H,4-5,10-18H2. The quantitative estimate of drug-likeness (QED) is 0.740. The molecule has 2 heterocycles. The van der Waals surface area contributed by atoms with Crippen LogP contribution in [0.2, 0.25) is 0 Å². The van der Waals surface area contributed by atoms with Gasteiger partial charge in [0.15, 0.2) is 0 Å². The topological polar surface area (TPSA) is 40.6 Å². The highest BCUT2D eigenvalue weighted by molar-refractivity contribution is 5.80. The fourth-order valence-corrected chi connectivity index (χ4v) is 5.16. The molecule has 1 aromatic rings. The number of amides is 2. The van der Waals surface area contributed by atoms with E-state index in [2.05, 4.69) is 29.2 Å². The van der Waals surface area contributed by atoms with Crippen LogP contribution in [0.5, 0.6) is 0 Å². The Bertz CT molecular complexity index is 701. The first-order valence-corrected chi connectivity index (χ1v) is 11.0. The molecule has 1 saturated carbocycles. The molecule has 28 heavy (non-hydrogen) atoms. The highest BCUT2D eigenvalue weighted by Gasteiger charge is 2.36. The van der Waals surface area contributed by atoms with Gasteiger partial charge in [0.05, 0.1) is 0 Å². The molecule has 1 atom stereocenters. The molecule has 0 N–H and O–H groups in total. The van der Waals surface area contributed by atoms with Crippen molar-refractivity contribution in [2.45, 2.75) is 51.5 Å². The van der Waals surface area contributed by atoms with Gasteiger partial charge in [-0.3, -0.25) is 9.59 Å². The Labute approximate surface area is 168 Å². The summed E-state index contributed by atoms with van der Waals surface area (Å²) in [6.45, 7) is 3.03. The smallest absolute Gasteiger partial charge is 0.226 e. The number of carbonyl (C=O) groups is 2. The molecule has 1 aliphatic carbocycles. The monoisotopic (exact) mass is 380 g/mol. The van der Waals surface area contributed by atoms with E-state index in [4.69, 9.17) is 0 Å². The van der Waals surface area contributed by atoms with E-state index in [1.54, 1.807) is 0 Å². The van der Waals surface area contributed by atoms with E-state index in [0.29, 0.717) is 24.9 Å². The van der Waals surface area contributed by atoms with Gasteiger partial charge in [-0.05, 0) is 43.6 Å². The van der Waals surface area contributed by atoms with Gasteiger partial charge in [0, 0.05) is 38.0 Å². The van der Waals surface area contributed by atoms with Crippen LogP contribution in [0.25, 0.3) is 0 Å². The van der Waals surface area contributed by atoms with Crippen molar-refractivity contribution in [3.05, 3.63) is 48.0 Å². The zero-order chi connectivity index (χ0) is 19.3. The third-order valence-corrected chi connectivity index (χ3v) is 6.85. The van der Waals surface area contributed by atoms with Crippen molar-refractivity contribution in [3.63, 3.8) is 0 Å². The number of likely N-dealkylation sites (tertiary alicyclic amines) is 1. The Kier molecular flexibility index (Phi) is 6.13. The molecule has 0 radical (unpaired) electrons. The molecule has 1 aromatic carbocycles. The second-order valence-corrected chi connectivity index (χ2v) is 8.66. The number of nitrogens with zero attached hydrogens (tertiary/aromatic N) is 2. The number of carbonyl (C=O) groups excluding carboxylic acids is 2. The minimum absolute atomic E-state index is 0.0613. The highest BCUT2D eigenvalue weighted by Crippen LogP contribution is 2.33. The van der Waals surface area contributed by atoms with Crippen molar-refractivity contribution >= 4 is 11.8 Å². The molecule has 4 nitrogen and oxygen atoms in total. The van der Waals surface area contributed by atoms with E-state index in [0.717, 1.165) is 45.2 Å². The van der Waals surface area contributed by atoms with Crippen molar-refractivity contribution in [1.82, 2.24) is 9.80 Å². The number of hydrogen-bond donors (Lipinski definition) is 0. The molecule has 3 aliphatic rings. The summed E-state index contributed by atoms with van der Waals surface area (Å²) in [6, 6.07) is 10.2. The molecule has 4 rings (SSSR count). The van der Waals surface area contributed by atoms with Crippen molar-refractivity contribution in [2.75, 3.05) is 19.6 Å². The maximum absolute atomic E-state index is 13.3. The molecule has 1 unspecified atom stereocenters. The Balaban J connectivity index is 1.36. The van der Waals surface area contributed by atoms with Gasteiger partial charge < -0.3 is 9.80 Å². The number of rotatable bonds is 4. The SMILES string of the molecule is O=C(C1CCCC1)N1CCC(C2CC=CCN(Cc3ccccc3)C2=O)CC1. The first kappa shape index (κ1) is 19.2. The minimum Gasteiger partial charge on any atom is -0.342 e. The molecular weight excluding hydrogens is 348 g/mol. The first-order chi connectivity index (χ1) is 13.7. The van der Waals surface area contributed by atoms with Gasteiger partial charge in [-0.25, -0.2) is 0 Å². The third kappa shape index (κ3) is 4.31. The van der Waals surface area contributed by atoms with Crippen LogP contribution in [0.3, 0.4) is 0 Å². The summed E-state index contributed by atoms with van der Waals surface area (Å²) in [5, 5.41) is 0. The Morgan fingerprint density at radius 3 is 2.39 bits per heavy atom. The zero-order valence-electron chi connectivity index (χ0n) is 16.8. The van der Waals surface area contributed by atoms with Crippen LogP contribution < -0.4 is 0 Å². The summed E-state index contributed by atoms with van der Waals surface area (Å²) in [7, 11) is 0. The lowest BCUT2D eigenvalue weighted by Crippen LogP contribution is -2.45. The lowest BCUT2D eigenvalue weighted by Gasteiger charge is -2.37. The van der Waals surface area contributed by atoms with Crippen LogP contribution in [-0.4, -0.2) is 41.2 Å². The third-order valence-electron chi connectivity index (χ3n) is 6.85. The molecule has 4 heteroatoms. The Morgan fingerprint density at radius 1 is 0.964 bits per heavy atom. The van der Waals surface area contributed by atoms with E-state index >= 15 is 0 Å². The van der Waals surface area contributed by atoms with Crippen molar-refractivity contribution in [2.24, 2.45) is 17.8 Å². The number of hydrogen-bond acceptors (Lipinski definition) is 2. The van der Waals surface area contributed by atoms with Crippen LogP contribution in [0.15, 0.2) is 42.5 Å². The van der Waals surface area contributed by atoms with Gasteiger partial charge in [-0.1, -0.05) is 55.3 Å². The summed E-state index contributed by atoms with van der Waals surface area (Å²) in [5.74, 6) is 1.37. The zero-order valence-corrected chi connectivity index (χ0v) is 16.8. The molecule has 0 spiro atoms. The lowest BCUT2D eigenvalue weighted by molar-refractivity contribution is -0.139. The van der Waals surface area contributed by atoms with Gasteiger partial charge in [-0.15, -0.1) is 0 Å². The first-order valence-electron chi connectivity index (χ1n) is 11.0. The van der Waals surface area contributed by atoms with Crippen molar-refractivity contribution < 1.29 is 9.59 Å². The molecule has 2 aliphatic heterocycles. The van der Waals surface area contributed by atoms with E-state index in [-0.39, 0.29) is 17.7 Å². The summed E-state index contributed by atoms with van der Waals surface area (Å²) in [4.78, 5) is 30.1. The number of benzene rings is 1. The summed E-state index contributed by atoms with van der Waals surface area (Å²) >= 11 is 0. The minimum atomic E-state index is 0.0613. The number of allylic oxidation sites excluding steroid dienone is 1. The Morgan fingerprint density at radius 2 is 1.68 bits per heavy atom. The second kappa shape index (κ2) is 8.93. The molecule has 0 aromatic heterocycles. The maximum atomic E-state index is 13.3. The van der Waals surface area contributed by atoms with E-state index in [9.17, 15) is 9.59 Å². The van der Waals surface area contributed by atoms with Gasteiger partial charge >= 0.3 is 0 Å². The predicted octanol–water partition coefficient (Wildman–Crippen LogP) is 4.02. The maximum Gasteiger partial charge on any atom is 0.226 e. The fraction of sp³-hybridized carbons (Fsp3) is 0.583. The number of piperidine rings is 1. The van der Waals surface area contributed by atoms with Crippen molar-refractivity contribution in [3.8, 4) is 0 Å². The molecular formula is C24H32N2O2. The van der Waals surface area contributed by atoms with Crippen LogP contribution in [0.4, 0.5) is 0 Å². The van der Waals surface area contributed by atoms with Crippen LogP contribution in [0.1, 0.15) is 50.5 Å². The average Bonchev–Trinajstić information content (AvgIpc) is 3.22. The second-order valence-electron chi connectivity index (χ2n) is 8.66. The lowest BCUT2D eigenvalue weighted by atomic mass is 9.81. The van der Waals surface area contributed by atoms with Crippen LogP contribution in [-0.2, 0) is 16.1 Å². The van der Waals surface area contributed by atoms with E-state index in [1.807, 2.05) is 23.1 Å². The molecule has 1 saturated heterocycles. The van der Waals surface area contributed by atoms with Gasteiger partial charge in [0.2, 0.25) is 11.8 Å². The Hall–Kier alpha value is -2.10. The van der Waals surface area contributed by atoms with Crippen molar-refractivity contribution in [1.29, 1.82) is 0 Å². The van der Waals surface area contributed by atoms with E-state index < -0.39 is 0 Å². The summed E-state index contributed by atoms with van der Waals surface area (Å²) in [5.41, 5.74) is 1.18. The van der Waals surface area contributed by atoms with Crippen LogP contribution in [0, 0.1) is 17.8 Å². The van der Waals surface area contributed by atoms with Gasteiger partial charge in [0.1, 0.15) is 0 Å².